The highest BCUT2D eigenvalue weighted by Crippen LogP contribution is 2.23. The monoisotopic (exact) mass is 278 g/mol. The maximum Gasteiger partial charge on any atom is 0.250 e. The molecule has 4 N–H and O–H groups in total. The zero-order valence-electron chi connectivity index (χ0n) is 12.2. The molecule has 1 rings (SSSR count). The van der Waals surface area contributed by atoms with Crippen LogP contribution in [0.15, 0.2) is 18.2 Å². The summed E-state index contributed by atoms with van der Waals surface area (Å²) in [5.41, 5.74) is 12.5. The third kappa shape index (κ3) is 3.88. The third-order valence-corrected chi connectivity index (χ3v) is 2.95. The van der Waals surface area contributed by atoms with E-state index in [2.05, 4.69) is 0 Å². The van der Waals surface area contributed by atoms with Gasteiger partial charge in [0.1, 0.15) is 0 Å². The van der Waals surface area contributed by atoms with E-state index in [1.807, 2.05) is 11.8 Å². The maximum atomic E-state index is 11.9. The van der Waals surface area contributed by atoms with Crippen LogP contribution < -0.4 is 16.4 Å². The molecule has 0 aliphatic rings. The Morgan fingerprint density at radius 3 is 2.40 bits per heavy atom. The van der Waals surface area contributed by atoms with Gasteiger partial charge < -0.3 is 21.3 Å². The number of likely N-dealkylation sites (N-methyl/N-ethyl adjacent to an activating group) is 1. The van der Waals surface area contributed by atoms with Gasteiger partial charge in [0.05, 0.1) is 17.8 Å². The largest absolute Gasteiger partial charge is 0.399 e. The molecule has 0 saturated carbocycles. The molecule has 1 aromatic rings. The van der Waals surface area contributed by atoms with Crippen molar-refractivity contribution in [1.29, 1.82) is 0 Å². The normalized spacial score (nSPS) is 10.2. The Labute approximate surface area is 119 Å². The van der Waals surface area contributed by atoms with Crippen molar-refractivity contribution in [2.45, 2.75) is 13.3 Å². The quantitative estimate of drug-likeness (QED) is 0.748. The summed E-state index contributed by atoms with van der Waals surface area (Å²) in [6, 6.07) is 4.97. The molecule has 0 aliphatic heterocycles. The number of nitrogen functional groups attached to an aromatic ring is 1. The van der Waals surface area contributed by atoms with Gasteiger partial charge in [0.2, 0.25) is 5.91 Å². The van der Waals surface area contributed by atoms with E-state index < -0.39 is 5.91 Å². The van der Waals surface area contributed by atoms with Gasteiger partial charge in [-0.05, 0) is 24.6 Å². The minimum atomic E-state index is -0.550. The summed E-state index contributed by atoms with van der Waals surface area (Å²) in [6.45, 7) is 2.86. The number of benzene rings is 1. The van der Waals surface area contributed by atoms with Crippen LogP contribution >= 0.6 is 0 Å². The molecule has 0 heterocycles. The lowest BCUT2D eigenvalue weighted by atomic mass is 10.1. The van der Waals surface area contributed by atoms with E-state index in [0.717, 1.165) is 6.42 Å². The molecule has 0 spiro atoms. The molecular formula is C14H22N4O2. The van der Waals surface area contributed by atoms with Crippen LogP contribution in [0.25, 0.3) is 0 Å². The number of hydrogen-bond donors (Lipinski definition) is 2. The molecule has 0 aromatic heterocycles. The fourth-order valence-electron chi connectivity index (χ4n) is 1.89. The Kier molecular flexibility index (Phi) is 5.37. The second-order valence-electron chi connectivity index (χ2n) is 4.85. The topological polar surface area (TPSA) is 92.7 Å². The number of amides is 2. The van der Waals surface area contributed by atoms with Crippen molar-refractivity contribution in [2.75, 3.05) is 37.8 Å². The van der Waals surface area contributed by atoms with E-state index in [4.69, 9.17) is 11.5 Å². The SMILES string of the molecule is CCCN(CC(=O)N(C)C)c1ccc(N)cc1C(N)=O. The van der Waals surface area contributed by atoms with Crippen molar-refractivity contribution in [3.05, 3.63) is 23.8 Å². The van der Waals surface area contributed by atoms with Crippen molar-refractivity contribution >= 4 is 23.2 Å². The van der Waals surface area contributed by atoms with Crippen molar-refractivity contribution in [3.8, 4) is 0 Å². The van der Waals surface area contributed by atoms with Gasteiger partial charge in [-0.25, -0.2) is 0 Å². The molecule has 0 fully saturated rings. The molecule has 6 nitrogen and oxygen atoms in total. The van der Waals surface area contributed by atoms with Crippen LogP contribution in [0, 0.1) is 0 Å². The summed E-state index contributed by atoms with van der Waals surface area (Å²) < 4.78 is 0. The van der Waals surface area contributed by atoms with Gasteiger partial charge in [-0.15, -0.1) is 0 Å². The number of primary amides is 1. The number of hydrogen-bond acceptors (Lipinski definition) is 4. The van der Waals surface area contributed by atoms with Gasteiger partial charge in [-0.1, -0.05) is 6.92 Å². The van der Waals surface area contributed by atoms with E-state index in [9.17, 15) is 9.59 Å². The molecule has 1 aromatic carbocycles. The van der Waals surface area contributed by atoms with Crippen molar-refractivity contribution in [1.82, 2.24) is 4.90 Å². The fourth-order valence-corrected chi connectivity index (χ4v) is 1.89. The van der Waals surface area contributed by atoms with Crippen LogP contribution in [0.2, 0.25) is 0 Å². The van der Waals surface area contributed by atoms with E-state index in [1.54, 1.807) is 32.3 Å². The molecule has 0 bridgehead atoms. The van der Waals surface area contributed by atoms with Crippen molar-refractivity contribution in [2.24, 2.45) is 5.73 Å². The molecule has 0 unspecified atom stereocenters. The van der Waals surface area contributed by atoms with E-state index in [0.29, 0.717) is 23.5 Å². The van der Waals surface area contributed by atoms with Gasteiger partial charge >= 0.3 is 0 Å². The Bertz CT molecular complexity index is 500. The Morgan fingerprint density at radius 1 is 1.25 bits per heavy atom. The highest BCUT2D eigenvalue weighted by atomic mass is 16.2. The molecular weight excluding hydrogens is 256 g/mol. The molecule has 110 valence electrons. The van der Waals surface area contributed by atoms with Crippen LogP contribution in [-0.4, -0.2) is 43.9 Å². The first-order valence-corrected chi connectivity index (χ1v) is 6.51. The molecule has 0 aliphatic carbocycles. The summed E-state index contributed by atoms with van der Waals surface area (Å²) in [4.78, 5) is 26.8. The summed E-state index contributed by atoms with van der Waals surface area (Å²) in [6.07, 6.45) is 0.850. The zero-order chi connectivity index (χ0) is 15.3. The summed E-state index contributed by atoms with van der Waals surface area (Å²) in [5.74, 6) is -0.587. The molecule has 2 amide bonds. The fraction of sp³-hybridized carbons (Fsp3) is 0.429. The van der Waals surface area contributed by atoms with Crippen LogP contribution in [-0.2, 0) is 4.79 Å². The Hall–Kier alpha value is -2.24. The molecule has 0 saturated heterocycles. The van der Waals surface area contributed by atoms with E-state index in [1.165, 1.54) is 4.90 Å². The zero-order valence-corrected chi connectivity index (χ0v) is 12.2. The molecule has 0 atom stereocenters. The summed E-state index contributed by atoms with van der Waals surface area (Å²) in [7, 11) is 3.40. The van der Waals surface area contributed by atoms with Gasteiger partial charge in [0.15, 0.2) is 0 Å². The third-order valence-electron chi connectivity index (χ3n) is 2.95. The van der Waals surface area contributed by atoms with Crippen LogP contribution in [0.5, 0.6) is 0 Å². The van der Waals surface area contributed by atoms with Gasteiger partial charge in [0.25, 0.3) is 5.91 Å². The number of anilines is 2. The molecule has 6 heteroatoms. The highest BCUT2D eigenvalue weighted by Gasteiger charge is 2.18. The predicted octanol–water partition coefficient (Wildman–Crippen LogP) is 0.672. The Balaban J connectivity index is 3.14. The second kappa shape index (κ2) is 6.79. The van der Waals surface area contributed by atoms with Gasteiger partial charge in [-0.2, -0.15) is 0 Å². The number of carbonyl (C=O) groups is 2. The van der Waals surface area contributed by atoms with Gasteiger partial charge in [-0.3, -0.25) is 9.59 Å². The smallest absolute Gasteiger partial charge is 0.250 e. The van der Waals surface area contributed by atoms with Crippen molar-refractivity contribution in [3.63, 3.8) is 0 Å². The summed E-state index contributed by atoms with van der Waals surface area (Å²) >= 11 is 0. The summed E-state index contributed by atoms with van der Waals surface area (Å²) in [5, 5.41) is 0. The van der Waals surface area contributed by atoms with Crippen molar-refractivity contribution < 1.29 is 9.59 Å². The lowest BCUT2D eigenvalue weighted by molar-refractivity contribution is -0.127. The average Bonchev–Trinajstić information content (AvgIpc) is 2.37. The number of rotatable bonds is 6. The number of nitrogens with two attached hydrogens (primary N) is 2. The lowest BCUT2D eigenvalue weighted by Crippen LogP contribution is -2.38. The van der Waals surface area contributed by atoms with Crippen LogP contribution in [0.3, 0.4) is 0 Å². The number of carbonyl (C=O) groups excluding carboxylic acids is 2. The minimum absolute atomic E-state index is 0.0364. The maximum absolute atomic E-state index is 11.9. The van der Waals surface area contributed by atoms with Crippen LogP contribution in [0.4, 0.5) is 11.4 Å². The lowest BCUT2D eigenvalue weighted by Gasteiger charge is -2.27. The van der Waals surface area contributed by atoms with Crippen LogP contribution in [0.1, 0.15) is 23.7 Å². The number of nitrogens with zero attached hydrogens (tertiary/aromatic N) is 2. The average molecular weight is 278 g/mol. The Morgan fingerprint density at radius 2 is 1.90 bits per heavy atom. The molecule has 20 heavy (non-hydrogen) atoms. The predicted molar refractivity (Wildman–Crippen MR) is 80.6 cm³/mol. The minimum Gasteiger partial charge on any atom is -0.399 e. The first-order chi connectivity index (χ1) is 9.36. The highest BCUT2D eigenvalue weighted by molar-refractivity contribution is 6.00. The first kappa shape index (κ1) is 15.8. The van der Waals surface area contributed by atoms with E-state index in [-0.39, 0.29) is 12.5 Å². The second-order valence-corrected chi connectivity index (χ2v) is 4.85. The standard InChI is InChI=1S/C14H22N4O2/c1-4-7-18(9-13(19)17(2)3)12-6-5-10(15)8-11(12)14(16)20/h5-6,8H,4,7,9,15H2,1-3H3,(H2,16,20). The molecule has 0 radical (unpaired) electrons. The first-order valence-electron chi connectivity index (χ1n) is 6.51. The van der Waals surface area contributed by atoms with E-state index >= 15 is 0 Å². The van der Waals surface area contributed by atoms with Gasteiger partial charge in [0, 0.05) is 26.3 Å².